The second-order valence-corrected chi connectivity index (χ2v) is 5.87. The molecule has 1 aliphatic heterocycles. The van der Waals surface area contributed by atoms with Gasteiger partial charge in [-0.3, -0.25) is 0 Å². The van der Waals surface area contributed by atoms with Gasteiger partial charge >= 0.3 is 0 Å². The van der Waals surface area contributed by atoms with Crippen molar-refractivity contribution in [2.24, 2.45) is 5.92 Å². The maximum absolute atomic E-state index is 5.17. The van der Waals surface area contributed by atoms with Gasteiger partial charge in [0.1, 0.15) is 5.75 Å². The number of methoxy groups -OCH3 is 1. The van der Waals surface area contributed by atoms with Crippen LogP contribution in [0, 0.1) is 5.92 Å². The maximum atomic E-state index is 5.17. The summed E-state index contributed by atoms with van der Waals surface area (Å²) in [7, 11) is 1.70. The molecule has 0 amide bonds. The summed E-state index contributed by atoms with van der Waals surface area (Å²) in [5.41, 5.74) is 1.32. The number of benzene rings is 1. The van der Waals surface area contributed by atoms with Crippen LogP contribution in [-0.2, 0) is 6.54 Å². The van der Waals surface area contributed by atoms with Crippen LogP contribution >= 0.6 is 0 Å². The first-order chi connectivity index (χ1) is 9.17. The number of nitrogens with one attached hydrogen (secondary N) is 1. The van der Waals surface area contributed by atoms with E-state index in [2.05, 4.69) is 36.2 Å². The van der Waals surface area contributed by atoms with E-state index < -0.39 is 0 Å². The average molecular weight is 262 g/mol. The van der Waals surface area contributed by atoms with Crippen molar-refractivity contribution >= 4 is 0 Å². The van der Waals surface area contributed by atoms with Gasteiger partial charge < -0.3 is 15.0 Å². The van der Waals surface area contributed by atoms with Crippen molar-refractivity contribution in [2.75, 3.05) is 26.7 Å². The molecule has 0 spiro atoms. The molecule has 106 valence electrons. The number of hydrogen-bond acceptors (Lipinski definition) is 3. The number of nitrogens with zero attached hydrogens (tertiary/aromatic N) is 1. The molecule has 1 saturated heterocycles. The van der Waals surface area contributed by atoms with Crippen LogP contribution in [0.15, 0.2) is 24.3 Å². The molecule has 1 N–H and O–H groups in total. The molecule has 0 aromatic heterocycles. The Kier molecular flexibility index (Phi) is 5.23. The quantitative estimate of drug-likeness (QED) is 0.852. The summed E-state index contributed by atoms with van der Waals surface area (Å²) in [5, 5.41) is 3.66. The number of rotatable bonds is 6. The molecular formula is C16H26N2O. The van der Waals surface area contributed by atoms with Crippen molar-refractivity contribution in [3.8, 4) is 5.75 Å². The first kappa shape index (κ1) is 14.4. The van der Waals surface area contributed by atoms with E-state index in [0.29, 0.717) is 6.04 Å². The monoisotopic (exact) mass is 262 g/mol. The minimum absolute atomic E-state index is 0.640. The van der Waals surface area contributed by atoms with E-state index in [1.54, 1.807) is 7.11 Å². The fraction of sp³-hybridized carbons (Fsp3) is 0.625. The zero-order valence-corrected chi connectivity index (χ0v) is 12.4. The Morgan fingerprint density at radius 2 is 2.05 bits per heavy atom. The van der Waals surface area contributed by atoms with Crippen molar-refractivity contribution in [2.45, 2.75) is 32.9 Å². The molecule has 3 heteroatoms. The molecule has 19 heavy (non-hydrogen) atoms. The van der Waals surface area contributed by atoms with E-state index in [0.717, 1.165) is 18.2 Å². The van der Waals surface area contributed by atoms with Crippen LogP contribution in [0.25, 0.3) is 0 Å². The summed E-state index contributed by atoms with van der Waals surface area (Å²) in [6.07, 6.45) is 1.27. The smallest absolute Gasteiger partial charge is 0.118 e. The highest BCUT2D eigenvalue weighted by Crippen LogP contribution is 2.14. The van der Waals surface area contributed by atoms with Gasteiger partial charge in [0.2, 0.25) is 0 Å². The predicted octanol–water partition coefficient (Wildman–Crippen LogP) is 2.52. The summed E-state index contributed by atoms with van der Waals surface area (Å²) in [6.45, 7) is 9.17. The van der Waals surface area contributed by atoms with Crippen LogP contribution < -0.4 is 10.1 Å². The molecular weight excluding hydrogens is 236 g/mol. The Labute approximate surface area is 116 Å². The topological polar surface area (TPSA) is 24.5 Å². The average Bonchev–Trinajstić information content (AvgIpc) is 2.84. The van der Waals surface area contributed by atoms with E-state index in [-0.39, 0.29) is 0 Å². The van der Waals surface area contributed by atoms with Crippen LogP contribution in [0.5, 0.6) is 5.75 Å². The van der Waals surface area contributed by atoms with Crippen LogP contribution in [0.1, 0.15) is 25.8 Å². The Balaban J connectivity index is 1.73. The van der Waals surface area contributed by atoms with Gasteiger partial charge in [-0.2, -0.15) is 0 Å². The summed E-state index contributed by atoms with van der Waals surface area (Å²) < 4.78 is 5.17. The molecule has 0 bridgehead atoms. The molecule has 0 saturated carbocycles. The lowest BCUT2D eigenvalue weighted by molar-refractivity contribution is 0.290. The zero-order valence-electron chi connectivity index (χ0n) is 12.4. The number of likely N-dealkylation sites (tertiary alicyclic amines) is 1. The molecule has 1 atom stereocenters. The van der Waals surface area contributed by atoms with Crippen LogP contribution in [-0.4, -0.2) is 37.7 Å². The molecule has 1 aliphatic rings. The first-order valence-corrected chi connectivity index (χ1v) is 7.26. The fourth-order valence-electron chi connectivity index (χ4n) is 2.69. The Morgan fingerprint density at radius 1 is 1.32 bits per heavy atom. The molecule has 3 nitrogen and oxygen atoms in total. The fourth-order valence-corrected chi connectivity index (χ4v) is 2.69. The molecule has 1 aromatic rings. The molecule has 1 heterocycles. The van der Waals surface area contributed by atoms with E-state index in [4.69, 9.17) is 4.74 Å². The summed E-state index contributed by atoms with van der Waals surface area (Å²) in [6, 6.07) is 8.95. The molecule has 0 aliphatic carbocycles. The summed E-state index contributed by atoms with van der Waals surface area (Å²) in [4.78, 5) is 2.57. The minimum atomic E-state index is 0.640. The van der Waals surface area contributed by atoms with Crippen LogP contribution in [0.2, 0.25) is 0 Å². The Hall–Kier alpha value is -1.06. The van der Waals surface area contributed by atoms with E-state index in [9.17, 15) is 0 Å². The number of hydrogen-bond donors (Lipinski definition) is 1. The molecule has 2 rings (SSSR count). The number of ether oxygens (including phenoxy) is 1. The Bertz CT molecular complexity index is 375. The molecule has 1 aromatic carbocycles. The zero-order chi connectivity index (χ0) is 13.7. The van der Waals surface area contributed by atoms with E-state index in [1.165, 1.54) is 31.6 Å². The third-order valence-corrected chi connectivity index (χ3v) is 3.65. The minimum Gasteiger partial charge on any atom is -0.497 e. The standard InChI is InChI=1S/C16H26N2O/c1-13(2)11-18-9-8-15(12-18)17-10-14-4-6-16(19-3)7-5-14/h4-7,13,15,17H,8-12H2,1-3H3. The Morgan fingerprint density at radius 3 is 2.68 bits per heavy atom. The highest BCUT2D eigenvalue weighted by atomic mass is 16.5. The predicted molar refractivity (Wildman–Crippen MR) is 79.5 cm³/mol. The summed E-state index contributed by atoms with van der Waals surface area (Å²) >= 11 is 0. The highest BCUT2D eigenvalue weighted by molar-refractivity contribution is 5.27. The van der Waals surface area contributed by atoms with Crippen molar-refractivity contribution in [1.82, 2.24) is 10.2 Å². The summed E-state index contributed by atoms with van der Waals surface area (Å²) in [5.74, 6) is 1.69. The SMILES string of the molecule is COc1ccc(CNC2CCN(CC(C)C)C2)cc1. The lowest BCUT2D eigenvalue weighted by Crippen LogP contribution is -2.33. The second kappa shape index (κ2) is 6.92. The van der Waals surface area contributed by atoms with Crippen molar-refractivity contribution in [1.29, 1.82) is 0 Å². The van der Waals surface area contributed by atoms with Gasteiger partial charge in [0.15, 0.2) is 0 Å². The van der Waals surface area contributed by atoms with Gasteiger partial charge in [-0.15, -0.1) is 0 Å². The lowest BCUT2D eigenvalue weighted by Gasteiger charge is -2.18. The van der Waals surface area contributed by atoms with E-state index in [1.807, 2.05) is 12.1 Å². The van der Waals surface area contributed by atoms with Crippen molar-refractivity contribution in [3.63, 3.8) is 0 Å². The molecule has 1 fully saturated rings. The van der Waals surface area contributed by atoms with Gasteiger partial charge in [-0.1, -0.05) is 26.0 Å². The van der Waals surface area contributed by atoms with Crippen molar-refractivity contribution < 1.29 is 4.74 Å². The first-order valence-electron chi connectivity index (χ1n) is 7.26. The molecule has 0 radical (unpaired) electrons. The molecule has 1 unspecified atom stereocenters. The van der Waals surface area contributed by atoms with Gasteiger partial charge in [-0.05, 0) is 36.6 Å². The lowest BCUT2D eigenvalue weighted by atomic mass is 10.2. The van der Waals surface area contributed by atoms with Crippen molar-refractivity contribution in [3.05, 3.63) is 29.8 Å². The van der Waals surface area contributed by atoms with Gasteiger partial charge in [0, 0.05) is 25.7 Å². The van der Waals surface area contributed by atoms with Crippen LogP contribution in [0.4, 0.5) is 0 Å². The van der Waals surface area contributed by atoms with Crippen LogP contribution in [0.3, 0.4) is 0 Å². The van der Waals surface area contributed by atoms with Gasteiger partial charge in [0.25, 0.3) is 0 Å². The largest absolute Gasteiger partial charge is 0.497 e. The van der Waals surface area contributed by atoms with E-state index >= 15 is 0 Å². The second-order valence-electron chi connectivity index (χ2n) is 5.87. The maximum Gasteiger partial charge on any atom is 0.118 e. The normalized spacial score (nSPS) is 20.1. The van der Waals surface area contributed by atoms with Gasteiger partial charge in [0.05, 0.1) is 7.11 Å². The highest BCUT2D eigenvalue weighted by Gasteiger charge is 2.21. The third-order valence-electron chi connectivity index (χ3n) is 3.65. The third kappa shape index (κ3) is 4.51. The van der Waals surface area contributed by atoms with Gasteiger partial charge in [-0.25, -0.2) is 0 Å².